The van der Waals surface area contributed by atoms with Gasteiger partial charge < -0.3 is 11.1 Å². The number of carbonyl (C=O) groups excluding carboxylic acids is 1. The summed E-state index contributed by atoms with van der Waals surface area (Å²) in [5.41, 5.74) is 7.92. The smallest absolute Gasteiger partial charge is 0.245 e. The first-order valence-electron chi connectivity index (χ1n) is 5.99. The van der Waals surface area contributed by atoms with E-state index in [9.17, 15) is 4.79 Å². The third-order valence-corrected chi connectivity index (χ3v) is 3.41. The molecule has 2 aromatic rings. The van der Waals surface area contributed by atoms with Gasteiger partial charge in [-0.1, -0.05) is 29.8 Å². The summed E-state index contributed by atoms with van der Waals surface area (Å²) in [6.45, 7) is 5.37. The molecule has 0 aliphatic rings. The van der Waals surface area contributed by atoms with Gasteiger partial charge in [0, 0.05) is 10.9 Å². The van der Waals surface area contributed by atoms with Crippen molar-refractivity contribution in [2.75, 3.05) is 5.32 Å². The fourth-order valence-electron chi connectivity index (χ4n) is 1.45. The van der Waals surface area contributed by atoms with Crippen molar-refractivity contribution in [2.24, 2.45) is 5.73 Å². The number of carbonyl (C=O) groups is 1. The van der Waals surface area contributed by atoms with Crippen LogP contribution in [-0.2, 0) is 4.79 Å². The number of amides is 1. The molecule has 1 amide bonds. The molecule has 0 bridgehead atoms. The Balaban J connectivity index is 2.16. The number of hydrogen-bond donors (Lipinski definition) is 2. The molecule has 0 fully saturated rings. The monoisotopic (exact) mass is 275 g/mol. The van der Waals surface area contributed by atoms with Crippen LogP contribution in [0.5, 0.6) is 0 Å². The van der Waals surface area contributed by atoms with Crippen molar-refractivity contribution in [1.82, 2.24) is 4.98 Å². The van der Waals surface area contributed by atoms with Crippen molar-refractivity contribution < 1.29 is 4.79 Å². The Morgan fingerprint density at radius 2 is 1.95 bits per heavy atom. The van der Waals surface area contributed by atoms with Crippen molar-refractivity contribution >= 4 is 22.4 Å². The molecule has 0 radical (unpaired) electrons. The second-order valence-corrected chi connectivity index (χ2v) is 5.94. The lowest BCUT2D eigenvalue weighted by molar-refractivity contribution is -0.120. The van der Waals surface area contributed by atoms with Crippen molar-refractivity contribution in [3.05, 3.63) is 35.2 Å². The summed E-state index contributed by atoms with van der Waals surface area (Å²) in [4.78, 5) is 16.1. The standard InChI is InChI=1S/C14H17N3OS/c1-9-4-6-10(7-5-9)11-8-19-13(16-11)17-12(18)14(2,3)15/h4-8H,15H2,1-3H3,(H,16,17,18). The van der Waals surface area contributed by atoms with E-state index in [1.54, 1.807) is 13.8 Å². The lowest BCUT2D eigenvalue weighted by atomic mass is 10.1. The van der Waals surface area contributed by atoms with E-state index >= 15 is 0 Å². The fourth-order valence-corrected chi connectivity index (χ4v) is 2.16. The molecule has 0 aliphatic carbocycles. The van der Waals surface area contributed by atoms with Crippen LogP contribution in [0.2, 0.25) is 0 Å². The van der Waals surface area contributed by atoms with Crippen molar-refractivity contribution in [1.29, 1.82) is 0 Å². The Morgan fingerprint density at radius 1 is 1.32 bits per heavy atom. The van der Waals surface area contributed by atoms with Gasteiger partial charge in [-0.2, -0.15) is 0 Å². The minimum absolute atomic E-state index is 0.239. The van der Waals surface area contributed by atoms with Gasteiger partial charge in [0.2, 0.25) is 5.91 Å². The molecule has 19 heavy (non-hydrogen) atoms. The predicted molar refractivity (Wildman–Crippen MR) is 79.2 cm³/mol. The summed E-state index contributed by atoms with van der Waals surface area (Å²) in [5.74, 6) is -0.239. The highest BCUT2D eigenvalue weighted by Crippen LogP contribution is 2.25. The molecule has 0 aliphatic heterocycles. The number of rotatable bonds is 3. The zero-order valence-corrected chi connectivity index (χ0v) is 12.0. The minimum atomic E-state index is -0.907. The number of nitrogens with zero attached hydrogens (tertiary/aromatic N) is 1. The van der Waals surface area contributed by atoms with Gasteiger partial charge in [0.05, 0.1) is 11.2 Å². The molecule has 3 N–H and O–H groups in total. The van der Waals surface area contributed by atoms with Crippen LogP contribution >= 0.6 is 11.3 Å². The topological polar surface area (TPSA) is 68.0 Å². The van der Waals surface area contributed by atoms with Gasteiger partial charge in [-0.25, -0.2) is 4.98 Å². The maximum Gasteiger partial charge on any atom is 0.245 e. The summed E-state index contributed by atoms with van der Waals surface area (Å²) in [7, 11) is 0. The van der Waals surface area contributed by atoms with Gasteiger partial charge in [-0.15, -0.1) is 11.3 Å². The van der Waals surface area contributed by atoms with Gasteiger partial charge in [-0.3, -0.25) is 4.79 Å². The lowest BCUT2D eigenvalue weighted by Crippen LogP contribution is -2.45. The van der Waals surface area contributed by atoms with Crippen LogP contribution in [-0.4, -0.2) is 16.4 Å². The number of nitrogens with two attached hydrogens (primary N) is 1. The molecule has 1 aromatic heterocycles. The Bertz CT molecular complexity index is 581. The summed E-state index contributed by atoms with van der Waals surface area (Å²) in [5, 5.41) is 5.22. The van der Waals surface area contributed by atoms with Crippen molar-refractivity contribution in [2.45, 2.75) is 26.3 Å². The Kier molecular flexibility index (Phi) is 3.68. The molecule has 0 atom stereocenters. The van der Waals surface area contributed by atoms with E-state index in [4.69, 9.17) is 5.73 Å². The van der Waals surface area contributed by atoms with Gasteiger partial charge in [0.15, 0.2) is 5.13 Å². The van der Waals surface area contributed by atoms with Crippen molar-refractivity contribution in [3.63, 3.8) is 0 Å². The van der Waals surface area contributed by atoms with E-state index in [-0.39, 0.29) is 5.91 Å². The largest absolute Gasteiger partial charge is 0.318 e. The fraction of sp³-hybridized carbons (Fsp3) is 0.286. The van der Waals surface area contributed by atoms with Gasteiger partial charge in [-0.05, 0) is 20.8 Å². The van der Waals surface area contributed by atoms with Crippen LogP contribution in [0.25, 0.3) is 11.3 Å². The first-order chi connectivity index (χ1) is 8.86. The van der Waals surface area contributed by atoms with Crippen LogP contribution in [0.1, 0.15) is 19.4 Å². The molecule has 1 heterocycles. The summed E-state index contributed by atoms with van der Waals surface area (Å²) < 4.78 is 0. The molecular weight excluding hydrogens is 258 g/mol. The molecule has 0 spiro atoms. The number of benzene rings is 1. The number of hydrogen-bond acceptors (Lipinski definition) is 4. The highest BCUT2D eigenvalue weighted by atomic mass is 32.1. The van der Waals surface area contributed by atoms with Gasteiger partial charge in [0.25, 0.3) is 0 Å². The SMILES string of the molecule is Cc1ccc(-c2csc(NC(=O)C(C)(C)N)n2)cc1. The average molecular weight is 275 g/mol. The van der Waals surface area contributed by atoms with E-state index in [1.807, 2.05) is 36.6 Å². The van der Waals surface area contributed by atoms with Crippen LogP contribution in [0, 0.1) is 6.92 Å². The lowest BCUT2D eigenvalue weighted by Gasteiger charge is -2.16. The van der Waals surface area contributed by atoms with E-state index < -0.39 is 5.54 Å². The Labute approximate surface area is 116 Å². The molecule has 0 saturated carbocycles. The highest BCUT2D eigenvalue weighted by Gasteiger charge is 2.22. The van der Waals surface area contributed by atoms with Crippen LogP contribution in [0.15, 0.2) is 29.6 Å². The second-order valence-electron chi connectivity index (χ2n) is 5.08. The van der Waals surface area contributed by atoms with Gasteiger partial charge >= 0.3 is 0 Å². The van der Waals surface area contributed by atoms with E-state index in [2.05, 4.69) is 10.3 Å². The predicted octanol–water partition coefficient (Wildman–Crippen LogP) is 2.79. The van der Waals surface area contributed by atoms with E-state index in [0.29, 0.717) is 5.13 Å². The van der Waals surface area contributed by atoms with E-state index in [1.165, 1.54) is 16.9 Å². The summed E-state index contributed by atoms with van der Waals surface area (Å²) in [6, 6.07) is 8.11. The maximum absolute atomic E-state index is 11.8. The van der Waals surface area contributed by atoms with Crippen LogP contribution < -0.4 is 11.1 Å². The molecule has 0 unspecified atom stereocenters. The second kappa shape index (κ2) is 5.11. The zero-order chi connectivity index (χ0) is 14.0. The number of aryl methyl sites for hydroxylation is 1. The Morgan fingerprint density at radius 3 is 2.53 bits per heavy atom. The molecule has 2 rings (SSSR count). The first kappa shape index (κ1) is 13.7. The number of anilines is 1. The summed E-state index contributed by atoms with van der Waals surface area (Å²) in [6.07, 6.45) is 0. The summed E-state index contributed by atoms with van der Waals surface area (Å²) >= 11 is 1.39. The zero-order valence-electron chi connectivity index (χ0n) is 11.2. The van der Waals surface area contributed by atoms with E-state index in [0.717, 1.165) is 11.3 Å². The number of thiazole rings is 1. The Hall–Kier alpha value is -1.72. The first-order valence-corrected chi connectivity index (χ1v) is 6.87. The van der Waals surface area contributed by atoms with Gasteiger partial charge in [0.1, 0.15) is 0 Å². The average Bonchev–Trinajstić information content (AvgIpc) is 2.77. The molecule has 0 saturated heterocycles. The molecular formula is C14H17N3OS. The van der Waals surface area contributed by atoms with Crippen LogP contribution in [0.4, 0.5) is 5.13 Å². The molecule has 4 nitrogen and oxygen atoms in total. The van der Waals surface area contributed by atoms with Crippen LogP contribution in [0.3, 0.4) is 0 Å². The minimum Gasteiger partial charge on any atom is -0.318 e. The quantitative estimate of drug-likeness (QED) is 0.905. The number of nitrogens with one attached hydrogen (secondary N) is 1. The molecule has 1 aromatic carbocycles. The highest BCUT2D eigenvalue weighted by molar-refractivity contribution is 7.14. The molecule has 5 heteroatoms. The third-order valence-electron chi connectivity index (χ3n) is 2.66. The molecule has 100 valence electrons. The normalized spacial score (nSPS) is 11.4. The number of aromatic nitrogens is 1. The van der Waals surface area contributed by atoms with Crippen molar-refractivity contribution in [3.8, 4) is 11.3 Å². The third kappa shape index (κ3) is 3.39. The maximum atomic E-state index is 11.8.